The molecular weight excluding hydrogens is 354 g/mol. The van der Waals surface area contributed by atoms with Gasteiger partial charge in [-0.05, 0) is 34.1 Å². The van der Waals surface area contributed by atoms with Crippen molar-refractivity contribution in [2.24, 2.45) is 0 Å². The number of ether oxygens (including phenoxy) is 2. The van der Waals surface area contributed by atoms with E-state index in [-0.39, 0.29) is 12.5 Å². The zero-order chi connectivity index (χ0) is 12.7. The molecule has 1 amide bonds. The lowest BCUT2D eigenvalue weighted by molar-refractivity contribution is -0.121. The third-order valence-corrected chi connectivity index (χ3v) is 3.02. The lowest BCUT2D eigenvalue weighted by atomic mass is 10.3. The molecule has 1 aromatic carbocycles. The first-order valence-electron chi connectivity index (χ1n) is 4.95. The number of anilines is 1. The highest BCUT2D eigenvalue weighted by Crippen LogP contribution is 2.25. The maximum atomic E-state index is 11.5. The summed E-state index contributed by atoms with van der Waals surface area (Å²) in [6, 6.07) is 5.52. The lowest BCUT2D eigenvalue weighted by Crippen LogP contribution is -2.19. The Bertz CT molecular complexity index is 385. The highest BCUT2D eigenvalue weighted by molar-refractivity contribution is 9.11. The Balaban J connectivity index is 2.40. The number of benzene rings is 1. The van der Waals surface area contributed by atoms with Gasteiger partial charge in [0.25, 0.3) is 0 Å². The molecule has 4 nitrogen and oxygen atoms in total. The molecule has 1 N–H and O–H groups in total. The Labute approximate surface area is 117 Å². The molecule has 0 unspecified atom stereocenters. The van der Waals surface area contributed by atoms with Gasteiger partial charge in [0.15, 0.2) is 0 Å². The average Bonchev–Trinajstić information content (AvgIpc) is 2.28. The quantitative estimate of drug-likeness (QED) is 0.787. The van der Waals surface area contributed by atoms with E-state index in [4.69, 9.17) is 9.47 Å². The van der Waals surface area contributed by atoms with Gasteiger partial charge in [-0.15, -0.1) is 0 Å². The van der Waals surface area contributed by atoms with Crippen LogP contribution < -0.4 is 5.32 Å². The van der Waals surface area contributed by atoms with E-state index in [2.05, 4.69) is 37.2 Å². The molecule has 0 aliphatic heterocycles. The third kappa shape index (κ3) is 5.63. The minimum absolute atomic E-state index is 0.0197. The molecule has 17 heavy (non-hydrogen) atoms. The Morgan fingerprint density at radius 3 is 2.76 bits per heavy atom. The zero-order valence-electron chi connectivity index (χ0n) is 9.33. The predicted molar refractivity (Wildman–Crippen MR) is 73.2 cm³/mol. The van der Waals surface area contributed by atoms with Crippen molar-refractivity contribution >= 4 is 43.5 Å². The van der Waals surface area contributed by atoms with Gasteiger partial charge in [-0.25, -0.2) is 0 Å². The van der Waals surface area contributed by atoms with E-state index in [0.29, 0.717) is 18.9 Å². The Hall–Kier alpha value is -0.430. The van der Waals surface area contributed by atoms with Crippen molar-refractivity contribution in [2.75, 3.05) is 32.2 Å². The number of rotatable bonds is 6. The van der Waals surface area contributed by atoms with Gasteiger partial charge < -0.3 is 14.8 Å². The van der Waals surface area contributed by atoms with Crippen LogP contribution in [0, 0.1) is 0 Å². The highest BCUT2D eigenvalue weighted by Gasteiger charge is 2.05. The molecule has 0 heterocycles. The molecule has 1 aromatic rings. The number of nitrogens with one attached hydrogen (secondary N) is 1. The monoisotopic (exact) mass is 365 g/mol. The van der Waals surface area contributed by atoms with Crippen molar-refractivity contribution in [1.82, 2.24) is 0 Å². The SMILES string of the molecule is COCCOCC(=O)Nc1ccc(Br)cc1Br. The second-order valence-corrected chi connectivity index (χ2v) is 4.99. The molecular formula is C11H13Br2NO3. The fraction of sp³-hybridized carbons (Fsp3) is 0.364. The maximum Gasteiger partial charge on any atom is 0.250 e. The number of carbonyl (C=O) groups excluding carboxylic acids is 1. The zero-order valence-corrected chi connectivity index (χ0v) is 12.5. The fourth-order valence-corrected chi connectivity index (χ4v) is 2.23. The van der Waals surface area contributed by atoms with Gasteiger partial charge in [-0.3, -0.25) is 4.79 Å². The van der Waals surface area contributed by atoms with Crippen LogP contribution in [-0.4, -0.2) is 32.8 Å². The van der Waals surface area contributed by atoms with Crippen LogP contribution in [0.15, 0.2) is 27.1 Å². The van der Waals surface area contributed by atoms with E-state index in [1.165, 1.54) is 0 Å². The summed E-state index contributed by atoms with van der Waals surface area (Å²) in [7, 11) is 1.59. The molecule has 0 radical (unpaired) electrons. The lowest BCUT2D eigenvalue weighted by Gasteiger charge is -2.08. The van der Waals surface area contributed by atoms with Crippen LogP contribution in [0.25, 0.3) is 0 Å². The molecule has 0 aromatic heterocycles. The summed E-state index contributed by atoms with van der Waals surface area (Å²) in [4.78, 5) is 11.5. The van der Waals surface area contributed by atoms with Crippen molar-refractivity contribution in [2.45, 2.75) is 0 Å². The number of halogens is 2. The van der Waals surface area contributed by atoms with Crippen molar-refractivity contribution < 1.29 is 14.3 Å². The van der Waals surface area contributed by atoms with Crippen LogP contribution in [0.5, 0.6) is 0 Å². The highest BCUT2D eigenvalue weighted by atomic mass is 79.9. The Kier molecular flexibility index (Phi) is 6.72. The number of hydrogen-bond acceptors (Lipinski definition) is 3. The summed E-state index contributed by atoms with van der Waals surface area (Å²) < 4.78 is 11.7. The van der Waals surface area contributed by atoms with E-state index >= 15 is 0 Å². The van der Waals surface area contributed by atoms with Crippen LogP contribution >= 0.6 is 31.9 Å². The standard InChI is InChI=1S/C11H13Br2NO3/c1-16-4-5-17-7-11(15)14-10-3-2-8(12)6-9(10)13/h2-3,6H,4-5,7H2,1H3,(H,14,15). The molecule has 0 atom stereocenters. The van der Waals surface area contributed by atoms with Crippen molar-refractivity contribution in [1.29, 1.82) is 0 Å². The number of amides is 1. The number of carbonyl (C=O) groups is 1. The summed E-state index contributed by atoms with van der Waals surface area (Å²) in [6.07, 6.45) is 0. The summed E-state index contributed by atoms with van der Waals surface area (Å²) in [6.45, 7) is 0.909. The van der Waals surface area contributed by atoms with Crippen molar-refractivity contribution in [3.8, 4) is 0 Å². The predicted octanol–water partition coefficient (Wildman–Crippen LogP) is 2.81. The minimum atomic E-state index is -0.191. The molecule has 0 aliphatic carbocycles. The van der Waals surface area contributed by atoms with Gasteiger partial charge >= 0.3 is 0 Å². The maximum absolute atomic E-state index is 11.5. The fourth-order valence-electron chi connectivity index (χ4n) is 1.08. The van der Waals surface area contributed by atoms with Crippen molar-refractivity contribution in [3.63, 3.8) is 0 Å². The first-order valence-corrected chi connectivity index (χ1v) is 6.53. The smallest absolute Gasteiger partial charge is 0.250 e. The van der Waals surface area contributed by atoms with Crippen LogP contribution in [0.3, 0.4) is 0 Å². The first kappa shape index (κ1) is 14.6. The Morgan fingerprint density at radius 2 is 2.12 bits per heavy atom. The normalized spacial score (nSPS) is 10.3. The number of methoxy groups -OCH3 is 1. The van der Waals surface area contributed by atoms with Crippen LogP contribution in [0.4, 0.5) is 5.69 Å². The molecule has 1 rings (SSSR count). The third-order valence-electron chi connectivity index (χ3n) is 1.87. The summed E-state index contributed by atoms with van der Waals surface area (Å²) in [5, 5.41) is 2.74. The van der Waals surface area contributed by atoms with Gasteiger partial charge in [-0.1, -0.05) is 15.9 Å². The second kappa shape index (κ2) is 7.81. The summed E-state index contributed by atoms with van der Waals surface area (Å²) in [5.41, 5.74) is 0.716. The van der Waals surface area contributed by atoms with Crippen molar-refractivity contribution in [3.05, 3.63) is 27.1 Å². The van der Waals surface area contributed by atoms with Gasteiger partial charge in [-0.2, -0.15) is 0 Å². The van der Waals surface area contributed by atoms with Crippen LogP contribution in [0.2, 0.25) is 0 Å². The Morgan fingerprint density at radius 1 is 1.35 bits per heavy atom. The molecule has 0 aliphatic rings. The van der Waals surface area contributed by atoms with E-state index in [0.717, 1.165) is 8.95 Å². The van der Waals surface area contributed by atoms with E-state index in [9.17, 15) is 4.79 Å². The molecule has 0 spiro atoms. The van der Waals surface area contributed by atoms with E-state index < -0.39 is 0 Å². The van der Waals surface area contributed by atoms with Gasteiger partial charge in [0, 0.05) is 16.1 Å². The summed E-state index contributed by atoms with van der Waals surface area (Å²) in [5.74, 6) is -0.191. The van der Waals surface area contributed by atoms with Crippen LogP contribution in [-0.2, 0) is 14.3 Å². The topological polar surface area (TPSA) is 47.6 Å². The van der Waals surface area contributed by atoms with E-state index in [1.54, 1.807) is 13.2 Å². The largest absolute Gasteiger partial charge is 0.382 e. The summed E-state index contributed by atoms with van der Waals surface area (Å²) >= 11 is 6.70. The van der Waals surface area contributed by atoms with Gasteiger partial charge in [0.2, 0.25) is 5.91 Å². The van der Waals surface area contributed by atoms with Crippen LogP contribution in [0.1, 0.15) is 0 Å². The molecule has 6 heteroatoms. The van der Waals surface area contributed by atoms with Gasteiger partial charge in [0.1, 0.15) is 6.61 Å². The molecule has 0 bridgehead atoms. The molecule has 0 saturated heterocycles. The average molecular weight is 367 g/mol. The molecule has 0 fully saturated rings. The molecule has 94 valence electrons. The minimum Gasteiger partial charge on any atom is -0.382 e. The first-order chi connectivity index (χ1) is 8.13. The number of hydrogen-bond donors (Lipinski definition) is 1. The molecule has 0 saturated carbocycles. The van der Waals surface area contributed by atoms with E-state index in [1.807, 2.05) is 12.1 Å². The van der Waals surface area contributed by atoms with Gasteiger partial charge in [0.05, 0.1) is 18.9 Å². The second-order valence-electron chi connectivity index (χ2n) is 3.22.